The lowest BCUT2D eigenvalue weighted by Gasteiger charge is -2.19. The quantitative estimate of drug-likeness (QED) is 0.829. The van der Waals surface area contributed by atoms with Crippen LogP contribution < -0.4 is 10.6 Å². The topological polar surface area (TPSA) is 58.2 Å². The summed E-state index contributed by atoms with van der Waals surface area (Å²) in [6.07, 6.45) is 9.34. The first kappa shape index (κ1) is 13.9. The molecule has 20 heavy (non-hydrogen) atoms. The molecule has 2 saturated carbocycles. The van der Waals surface area contributed by atoms with E-state index in [1.165, 1.54) is 19.3 Å². The minimum Gasteiger partial charge on any atom is -0.356 e. The summed E-state index contributed by atoms with van der Waals surface area (Å²) in [7, 11) is 0. The molecule has 0 aromatic rings. The maximum absolute atomic E-state index is 12.2. The number of amides is 2. The second kappa shape index (κ2) is 6.15. The molecule has 3 atom stereocenters. The molecular formula is C16H26N2O2. The van der Waals surface area contributed by atoms with Crippen LogP contribution in [0, 0.1) is 17.8 Å². The highest BCUT2D eigenvalue weighted by Crippen LogP contribution is 2.47. The fraction of sp³-hybridized carbons (Fsp3) is 0.875. The molecule has 3 fully saturated rings. The molecule has 1 aliphatic heterocycles. The molecule has 4 nitrogen and oxygen atoms in total. The van der Waals surface area contributed by atoms with E-state index in [-0.39, 0.29) is 17.7 Å². The van der Waals surface area contributed by atoms with Gasteiger partial charge in [0.15, 0.2) is 0 Å². The van der Waals surface area contributed by atoms with Crippen molar-refractivity contribution in [2.45, 2.75) is 63.8 Å². The van der Waals surface area contributed by atoms with Gasteiger partial charge in [-0.25, -0.2) is 0 Å². The smallest absolute Gasteiger partial charge is 0.220 e. The third-order valence-electron chi connectivity index (χ3n) is 5.27. The van der Waals surface area contributed by atoms with Gasteiger partial charge in [0.25, 0.3) is 0 Å². The molecule has 4 heteroatoms. The first-order valence-electron chi connectivity index (χ1n) is 8.27. The number of nitrogens with one attached hydrogen (secondary N) is 2. The summed E-state index contributed by atoms with van der Waals surface area (Å²) in [6, 6.07) is 0.384. The number of rotatable bonds is 3. The fourth-order valence-electron chi connectivity index (χ4n) is 3.91. The predicted octanol–water partition coefficient (Wildman–Crippen LogP) is 1.99. The van der Waals surface area contributed by atoms with Crippen LogP contribution in [0.3, 0.4) is 0 Å². The third-order valence-corrected chi connectivity index (χ3v) is 5.27. The average Bonchev–Trinajstić information content (AvgIpc) is 3.16. The second-order valence-electron chi connectivity index (χ2n) is 6.94. The van der Waals surface area contributed by atoms with E-state index in [2.05, 4.69) is 10.6 Å². The first-order chi connectivity index (χ1) is 9.70. The van der Waals surface area contributed by atoms with E-state index in [0.29, 0.717) is 18.9 Å². The summed E-state index contributed by atoms with van der Waals surface area (Å²) in [5.41, 5.74) is 0. The highest BCUT2D eigenvalue weighted by atomic mass is 16.2. The van der Waals surface area contributed by atoms with Crippen LogP contribution in [0.4, 0.5) is 0 Å². The van der Waals surface area contributed by atoms with Crippen molar-refractivity contribution in [2.75, 3.05) is 6.54 Å². The molecule has 112 valence electrons. The van der Waals surface area contributed by atoms with Crippen molar-refractivity contribution in [3.8, 4) is 0 Å². The summed E-state index contributed by atoms with van der Waals surface area (Å²) in [5.74, 6) is 2.42. The molecule has 1 saturated heterocycles. The molecule has 3 unspecified atom stereocenters. The Morgan fingerprint density at radius 3 is 2.65 bits per heavy atom. The zero-order chi connectivity index (χ0) is 13.9. The van der Waals surface area contributed by atoms with Crippen LogP contribution in [0.1, 0.15) is 57.8 Å². The Hall–Kier alpha value is -1.06. The highest BCUT2D eigenvalue weighted by Gasteiger charge is 2.39. The summed E-state index contributed by atoms with van der Waals surface area (Å²) in [4.78, 5) is 23.7. The lowest BCUT2D eigenvalue weighted by molar-refractivity contribution is -0.124. The summed E-state index contributed by atoms with van der Waals surface area (Å²) >= 11 is 0. The van der Waals surface area contributed by atoms with Crippen LogP contribution in [0.25, 0.3) is 0 Å². The average molecular weight is 278 g/mol. The Morgan fingerprint density at radius 1 is 1.15 bits per heavy atom. The molecule has 0 spiro atoms. The first-order valence-corrected chi connectivity index (χ1v) is 8.27. The van der Waals surface area contributed by atoms with Crippen LogP contribution in [0.5, 0.6) is 0 Å². The second-order valence-corrected chi connectivity index (χ2v) is 6.94. The van der Waals surface area contributed by atoms with Crippen molar-refractivity contribution in [2.24, 2.45) is 17.8 Å². The molecule has 1 heterocycles. The van der Waals surface area contributed by atoms with Gasteiger partial charge in [-0.05, 0) is 62.7 Å². The van der Waals surface area contributed by atoms with Crippen molar-refractivity contribution in [3.05, 3.63) is 0 Å². The Morgan fingerprint density at radius 2 is 1.90 bits per heavy atom. The van der Waals surface area contributed by atoms with Crippen molar-refractivity contribution < 1.29 is 9.59 Å². The largest absolute Gasteiger partial charge is 0.356 e. The minimum absolute atomic E-state index is 0.106. The lowest BCUT2D eigenvalue weighted by atomic mass is 9.96. The van der Waals surface area contributed by atoms with Gasteiger partial charge in [0.2, 0.25) is 11.8 Å². The van der Waals surface area contributed by atoms with Gasteiger partial charge in [-0.1, -0.05) is 0 Å². The molecular weight excluding hydrogens is 252 g/mol. The van der Waals surface area contributed by atoms with Crippen molar-refractivity contribution in [3.63, 3.8) is 0 Å². The molecule has 3 aliphatic rings. The zero-order valence-electron chi connectivity index (χ0n) is 12.2. The van der Waals surface area contributed by atoms with Crippen LogP contribution in [0.2, 0.25) is 0 Å². The fourth-order valence-corrected chi connectivity index (χ4v) is 3.91. The number of carbonyl (C=O) groups is 2. The third kappa shape index (κ3) is 3.74. The predicted molar refractivity (Wildman–Crippen MR) is 77.0 cm³/mol. The van der Waals surface area contributed by atoms with Gasteiger partial charge in [0.1, 0.15) is 0 Å². The van der Waals surface area contributed by atoms with Gasteiger partial charge in [0, 0.05) is 25.4 Å². The highest BCUT2D eigenvalue weighted by molar-refractivity contribution is 5.79. The molecule has 2 aliphatic carbocycles. The monoisotopic (exact) mass is 278 g/mol. The van der Waals surface area contributed by atoms with Gasteiger partial charge >= 0.3 is 0 Å². The van der Waals surface area contributed by atoms with Gasteiger partial charge in [-0.3, -0.25) is 9.59 Å². The molecule has 0 aromatic heterocycles. The Bertz CT molecular complexity index is 371. The lowest BCUT2D eigenvalue weighted by Crippen LogP contribution is -2.36. The SMILES string of the molecule is O=C1CC(CC(=O)NC2CCC3CC3CC2)CCCN1. The van der Waals surface area contributed by atoms with Gasteiger partial charge in [0.05, 0.1) is 0 Å². The van der Waals surface area contributed by atoms with Crippen LogP contribution >= 0.6 is 0 Å². The molecule has 0 bridgehead atoms. The van der Waals surface area contributed by atoms with E-state index in [1.54, 1.807) is 0 Å². The number of fused-ring (bicyclic) bond motifs is 1. The van der Waals surface area contributed by atoms with E-state index in [0.717, 1.165) is 44.1 Å². The molecule has 0 aromatic carbocycles. The summed E-state index contributed by atoms with van der Waals surface area (Å²) in [5, 5.41) is 6.09. The van der Waals surface area contributed by atoms with Crippen molar-refractivity contribution in [1.29, 1.82) is 0 Å². The molecule has 0 radical (unpaired) electrons. The normalized spacial score (nSPS) is 37.1. The number of carbonyl (C=O) groups excluding carboxylic acids is 2. The van der Waals surface area contributed by atoms with Gasteiger partial charge < -0.3 is 10.6 Å². The standard InChI is InChI=1S/C16H26N2O2/c19-15-8-11(2-1-7-17-15)9-16(20)18-14-5-3-12-10-13(12)4-6-14/h11-14H,1-10H2,(H,17,19)(H,18,20). The molecule has 3 rings (SSSR count). The van der Waals surface area contributed by atoms with Crippen LogP contribution in [-0.4, -0.2) is 24.4 Å². The number of hydrogen-bond donors (Lipinski definition) is 2. The summed E-state index contributed by atoms with van der Waals surface area (Å²) in [6.45, 7) is 0.766. The minimum atomic E-state index is 0.106. The maximum atomic E-state index is 12.2. The Balaban J connectivity index is 1.42. The van der Waals surface area contributed by atoms with Gasteiger partial charge in [-0.15, -0.1) is 0 Å². The van der Waals surface area contributed by atoms with Crippen LogP contribution in [-0.2, 0) is 9.59 Å². The van der Waals surface area contributed by atoms with Crippen LogP contribution in [0.15, 0.2) is 0 Å². The zero-order valence-corrected chi connectivity index (χ0v) is 12.2. The van der Waals surface area contributed by atoms with E-state index in [9.17, 15) is 9.59 Å². The Labute approximate surface area is 121 Å². The van der Waals surface area contributed by atoms with Crippen molar-refractivity contribution in [1.82, 2.24) is 10.6 Å². The van der Waals surface area contributed by atoms with E-state index in [1.807, 2.05) is 0 Å². The molecule has 2 N–H and O–H groups in total. The number of hydrogen-bond acceptors (Lipinski definition) is 2. The van der Waals surface area contributed by atoms with E-state index < -0.39 is 0 Å². The van der Waals surface area contributed by atoms with E-state index >= 15 is 0 Å². The van der Waals surface area contributed by atoms with E-state index in [4.69, 9.17) is 0 Å². The summed E-state index contributed by atoms with van der Waals surface area (Å²) < 4.78 is 0. The Kier molecular flexibility index (Phi) is 4.27. The maximum Gasteiger partial charge on any atom is 0.220 e. The van der Waals surface area contributed by atoms with Crippen molar-refractivity contribution >= 4 is 11.8 Å². The molecule has 2 amide bonds. The van der Waals surface area contributed by atoms with Gasteiger partial charge in [-0.2, -0.15) is 0 Å².